The first-order valence-electron chi connectivity index (χ1n) is 4.73. The highest BCUT2D eigenvalue weighted by atomic mass is 35.5. The topological polar surface area (TPSA) is 12.9 Å². The van der Waals surface area contributed by atoms with Crippen molar-refractivity contribution in [1.82, 2.24) is 4.98 Å². The molecule has 3 heteroatoms. The third-order valence-electron chi connectivity index (χ3n) is 1.73. The number of pyridine rings is 1. The summed E-state index contributed by atoms with van der Waals surface area (Å²) in [4.78, 5) is 4.31. The molecular formula is C11H14ClNS. The first kappa shape index (κ1) is 11.6. The Morgan fingerprint density at radius 2 is 2.14 bits per heavy atom. The molecule has 0 unspecified atom stereocenters. The predicted molar refractivity (Wildman–Crippen MR) is 64.9 cm³/mol. The van der Waals surface area contributed by atoms with Crippen LogP contribution in [0.1, 0.15) is 25.0 Å². The summed E-state index contributed by atoms with van der Waals surface area (Å²) in [6, 6.07) is 2.08. The van der Waals surface area contributed by atoms with E-state index in [-0.39, 0.29) is 0 Å². The Bertz CT molecular complexity index is 347. The first-order valence-corrected chi connectivity index (χ1v) is 6.09. The second-order valence-corrected chi connectivity index (χ2v) is 4.14. The highest BCUT2D eigenvalue weighted by molar-refractivity contribution is 7.99. The lowest BCUT2D eigenvalue weighted by molar-refractivity contribution is 1.09. The molecule has 1 aromatic rings. The Labute approximate surface area is 94.6 Å². The average molecular weight is 228 g/mol. The van der Waals surface area contributed by atoms with Gasteiger partial charge in [0.05, 0.1) is 0 Å². The molecule has 2 heterocycles. The number of nitrogens with zero attached hydrogens (tertiary/aromatic N) is 1. The van der Waals surface area contributed by atoms with Crippen LogP contribution in [-0.4, -0.2) is 10.7 Å². The molecule has 2 rings (SSSR count). The van der Waals surface area contributed by atoms with Crippen LogP contribution >= 0.6 is 23.4 Å². The molecule has 0 N–H and O–H groups in total. The van der Waals surface area contributed by atoms with Gasteiger partial charge in [-0.05, 0) is 18.6 Å². The van der Waals surface area contributed by atoms with Crippen LogP contribution in [0, 0.1) is 6.92 Å². The highest BCUT2D eigenvalue weighted by Gasteiger charge is 2.11. The van der Waals surface area contributed by atoms with Crippen LogP contribution in [0.5, 0.6) is 0 Å². The highest BCUT2D eigenvalue weighted by Crippen LogP contribution is 2.33. The summed E-state index contributed by atoms with van der Waals surface area (Å²) in [5, 5.41) is 1.88. The predicted octanol–water partition coefficient (Wildman–Crippen LogP) is 4.10. The molecule has 0 aliphatic carbocycles. The minimum absolute atomic E-state index is 0.833. The molecule has 0 radical (unpaired) electrons. The molecule has 1 aromatic heterocycles. The van der Waals surface area contributed by atoms with Gasteiger partial charge in [0.1, 0.15) is 5.03 Å². The zero-order valence-electron chi connectivity index (χ0n) is 8.67. The van der Waals surface area contributed by atoms with Gasteiger partial charge in [0.25, 0.3) is 0 Å². The minimum atomic E-state index is 0.833. The number of hydrogen-bond acceptors (Lipinski definition) is 2. The molecule has 0 fully saturated rings. The SMILES string of the molecule is CC.Cc1cnc2c(c1)C(Cl)=CCS2. The van der Waals surface area contributed by atoms with Gasteiger partial charge >= 0.3 is 0 Å². The summed E-state index contributed by atoms with van der Waals surface area (Å²) in [5.74, 6) is 0.932. The lowest BCUT2D eigenvalue weighted by Gasteiger charge is -2.11. The Hall–Kier alpha value is -0.470. The van der Waals surface area contributed by atoms with Gasteiger partial charge in [-0.1, -0.05) is 31.5 Å². The van der Waals surface area contributed by atoms with Crippen molar-refractivity contribution in [2.75, 3.05) is 5.75 Å². The second kappa shape index (κ2) is 5.42. The lowest BCUT2D eigenvalue weighted by atomic mass is 10.2. The van der Waals surface area contributed by atoms with Crippen molar-refractivity contribution >= 4 is 28.4 Å². The second-order valence-electron chi connectivity index (χ2n) is 2.73. The Morgan fingerprint density at radius 3 is 2.86 bits per heavy atom. The maximum atomic E-state index is 6.03. The van der Waals surface area contributed by atoms with E-state index in [0.717, 1.165) is 26.9 Å². The van der Waals surface area contributed by atoms with Crippen LogP contribution in [0.4, 0.5) is 0 Å². The number of aryl methyl sites for hydroxylation is 1. The number of halogens is 1. The molecule has 0 spiro atoms. The fourth-order valence-corrected chi connectivity index (χ4v) is 2.37. The van der Waals surface area contributed by atoms with E-state index in [9.17, 15) is 0 Å². The van der Waals surface area contributed by atoms with Gasteiger partial charge in [0.2, 0.25) is 0 Å². The van der Waals surface area contributed by atoms with Crippen molar-refractivity contribution in [3.8, 4) is 0 Å². The monoisotopic (exact) mass is 227 g/mol. The van der Waals surface area contributed by atoms with Crippen LogP contribution in [0.15, 0.2) is 23.4 Å². The summed E-state index contributed by atoms with van der Waals surface area (Å²) in [7, 11) is 0. The van der Waals surface area contributed by atoms with E-state index < -0.39 is 0 Å². The van der Waals surface area contributed by atoms with Crippen LogP contribution in [0.2, 0.25) is 0 Å². The summed E-state index contributed by atoms with van der Waals surface area (Å²) in [6.45, 7) is 6.02. The minimum Gasteiger partial charge on any atom is -0.249 e. The number of thioether (sulfide) groups is 1. The average Bonchev–Trinajstić information content (AvgIpc) is 2.22. The van der Waals surface area contributed by atoms with Crippen molar-refractivity contribution in [2.24, 2.45) is 0 Å². The number of hydrogen-bond donors (Lipinski definition) is 0. The molecular weight excluding hydrogens is 214 g/mol. The van der Waals surface area contributed by atoms with E-state index >= 15 is 0 Å². The number of aromatic nitrogens is 1. The van der Waals surface area contributed by atoms with Crippen LogP contribution in [0.3, 0.4) is 0 Å². The maximum Gasteiger partial charge on any atom is 0.105 e. The fourth-order valence-electron chi connectivity index (χ4n) is 1.15. The van der Waals surface area contributed by atoms with Crippen LogP contribution in [-0.2, 0) is 0 Å². The molecule has 0 atom stereocenters. The smallest absolute Gasteiger partial charge is 0.105 e. The van der Waals surface area contributed by atoms with Gasteiger partial charge in [-0.3, -0.25) is 0 Å². The zero-order chi connectivity index (χ0) is 10.6. The van der Waals surface area contributed by atoms with E-state index in [1.54, 1.807) is 11.8 Å². The summed E-state index contributed by atoms with van der Waals surface area (Å²) in [5.41, 5.74) is 2.23. The number of rotatable bonds is 0. The molecule has 1 aliphatic heterocycles. The molecule has 76 valence electrons. The quantitative estimate of drug-likeness (QED) is 0.662. The molecule has 14 heavy (non-hydrogen) atoms. The Kier molecular flexibility index (Phi) is 4.49. The zero-order valence-corrected chi connectivity index (χ0v) is 10.2. The maximum absolute atomic E-state index is 6.03. The third-order valence-corrected chi connectivity index (χ3v) is 3.02. The lowest BCUT2D eigenvalue weighted by Crippen LogP contribution is -1.94. The van der Waals surface area contributed by atoms with Crippen molar-refractivity contribution in [3.63, 3.8) is 0 Å². The Morgan fingerprint density at radius 1 is 1.43 bits per heavy atom. The fraction of sp³-hybridized carbons (Fsp3) is 0.364. The molecule has 0 saturated carbocycles. The van der Waals surface area contributed by atoms with Gasteiger partial charge in [-0.2, -0.15) is 0 Å². The molecule has 1 nitrogen and oxygen atoms in total. The summed E-state index contributed by atoms with van der Waals surface area (Å²) in [6.07, 6.45) is 3.90. The van der Waals surface area contributed by atoms with Gasteiger partial charge in [-0.25, -0.2) is 4.98 Å². The largest absolute Gasteiger partial charge is 0.249 e. The molecule has 1 aliphatic rings. The van der Waals surface area contributed by atoms with Gasteiger partial charge in [-0.15, -0.1) is 11.8 Å². The molecule has 0 amide bonds. The normalized spacial score (nSPS) is 13.6. The van der Waals surface area contributed by atoms with E-state index in [2.05, 4.69) is 11.1 Å². The van der Waals surface area contributed by atoms with Crippen molar-refractivity contribution < 1.29 is 0 Å². The molecule has 0 aromatic carbocycles. The van der Waals surface area contributed by atoms with E-state index in [1.807, 2.05) is 33.0 Å². The Balaban J connectivity index is 0.000000461. The first-order chi connectivity index (χ1) is 6.77. The van der Waals surface area contributed by atoms with E-state index in [4.69, 9.17) is 11.6 Å². The van der Waals surface area contributed by atoms with Crippen molar-refractivity contribution in [1.29, 1.82) is 0 Å². The molecule has 0 saturated heterocycles. The number of fused-ring (bicyclic) bond motifs is 1. The van der Waals surface area contributed by atoms with Crippen LogP contribution in [0.25, 0.3) is 5.03 Å². The van der Waals surface area contributed by atoms with E-state index in [0.29, 0.717) is 0 Å². The summed E-state index contributed by atoms with van der Waals surface area (Å²) >= 11 is 7.76. The third kappa shape index (κ3) is 2.52. The summed E-state index contributed by atoms with van der Waals surface area (Å²) < 4.78 is 0. The van der Waals surface area contributed by atoms with E-state index in [1.165, 1.54) is 0 Å². The van der Waals surface area contributed by atoms with Gasteiger partial charge in [0.15, 0.2) is 0 Å². The van der Waals surface area contributed by atoms with Gasteiger partial charge in [0, 0.05) is 22.5 Å². The molecule has 0 bridgehead atoms. The van der Waals surface area contributed by atoms with Crippen molar-refractivity contribution in [2.45, 2.75) is 25.8 Å². The standard InChI is InChI=1S/C9H8ClNS.C2H6/c1-6-4-7-8(10)2-3-12-9(7)11-5-6;1-2/h2,4-5H,3H2,1H3;1-2H3. The van der Waals surface area contributed by atoms with Crippen molar-refractivity contribution in [3.05, 3.63) is 29.5 Å². The van der Waals surface area contributed by atoms with Crippen LogP contribution < -0.4 is 0 Å². The van der Waals surface area contributed by atoms with Gasteiger partial charge < -0.3 is 0 Å².